The topological polar surface area (TPSA) is 111 Å². The third-order valence-corrected chi connectivity index (χ3v) is 14.5. The maximum atomic E-state index is 12.8. The van der Waals surface area contributed by atoms with Gasteiger partial charge in [-0.05, 0) is 64.2 Å². The second-order valence-corrected chi connectivity index (χ2v) is 23.5. The molecule has 0 spiro atoms. The number of esters is 2. The van der Waals surface area contributed by atoms with E-state index >= 15 is 0 Å². The van der Waals surface area contributed by atoms with Gasteiger partial charge in [0, 0.05) is 12.8 Å². The number of carbonyl (C=O) groups is 2. The maximum absolute atomic E-state index is 12.8. The fraction of sp³-hybridized carbons (Fsp3) is 0.785. The highest BCUT2D eigenvalue weighted by atomic mass is 31.2. The normalized spacial score (nSPS) is 13.7. The number of rotatable bonds is 57. The highest BCUT2D eigenvalue weighted by Gasteiger charge is 2.22. The summed E-state index contributed by atoms with van der Waals surface area (Å²) in [7, 11) is 1.14. The minimum Gasteiger partial charge on any atom is -0.756 e. The van der Waals surface area contributed by atoms with Crippen molar-refractivity contribution in [2.75, 3.05) is 47.5 Å². The molecule has 0 saturated carbocycles. The van der Waals surface area contributed by atoms with Gasteiger partial charge >= 0.3 is 11.9 Å². The Hall–Kier alpha value is -2.55. The Bertz CT molecular complexity index is 1500. The smallest absolute Gasteiger partial charge is 0.306 e. The van der Waals surface area contributed by atoms with Gasteiger partial charge in [0.2, 0.25) is 0 Å². The Morgan fingerprint density at radius 1 is 0.427 bits per heavy atom. The van der Waals surface area contributed by atoms with Crippen molar-refractivity contribution >= 4 is 19.8 Å². The van der Waals surface area contributed by atoms with E-state index in [0.717, 1.165) is 70.6 Å². The number of phosphoric acid groups is 1. The number of ether oxygens (including phenoxy) is 2. The monoisotopic (exact) mass is 1070 g/mol. The quantitative estimate of drug-likeness (QED) is 0.0195. The lowest BCUT2D eigenvalue weighted by Gasteiger charge is -2.28. The average molecular weight is 1070 g/mol. The molecule has 0 aromatic heterocycles. The van der Waals surface area contributed by atoms with Crippen molar-refractivity contribution in [3.05, 3.63) is 72.9 Å². The number of likely N-dealkylation sites (N-methyl/N-ethyl adjacent to an activating group) is 1. The Balaban J connectivity index is 4.11. The molecule has 0 N–H and O–H groups in total. The van der Waals surface area contributed by atoms with E-state index < -0.39 is 32.5 Å². The van der Waals surface area contributed by atoms with Crippen molar-refractivity contribution in [1.82, 2.24) is 0 Å². The summed E-state index contributed by atoms with van der Waals surface area (Å²) in [6.45, 7) is 4.10. The SMILES string of the molecule is CC/C=C\C/C=C\C/C=C\C/C=C\C/C=C\C/C=C\CCCCC(=O)OC(COC(=O)CCCCCCCCCCCCCCCCCCCCCCCCCCCCCCCC)COP(=O)([O-])OCC[N+](C)(C)C. The van der Waals surface area contributed by atoms with E-state index in [1.807, 2.05) is 21.1 Å². The van der Waals surface area contributed by atoms with Crippen LogP contribution in [0.1, 0.15) is 277 Å². The van der Waals surface area contributed by atoms with E-state index in [2.05, 4.69) is 86.8 Å². The molecule has 0 saturated heterocycles. The van der Waals surface area contributed by atoms with Crippen LogP contribution in [0.5, 0.6) is 0 Å². The van der Waals surface area contributed by atoms with Crippen LogP contribution in [0.4, 0.5) is 0 Å². The number of quaternary nitrogens is 1. The van der Waals surface area contributed by atoms with Gasteiger partial charge in [0.05, 0.1) is 27.7 Å². The van der Waals surface area contributed by atoms with Gasteiger partial charge in [-0.25, -0.2) is 0 Å². The molecule has 2 unspecified atom stereocenters. The van der Waals surface area contributed by atoms with Gasteiger partial charge in [-0.2, -0.15) is 0 Å². The first-order valence-electron chi connectivity index (χ1n) is 31.1. The summed E-state index contributed by atoms with van der Waals surface area (Å²) in [6.07, 6.45) is 74.1. The molecule has 0 amide bonds. The van der Waals surface area contributed by atoms with E-state index in [4.69, 9.17) is 18.5 Å². The molecule has 9 nitrogen and oxygen atoms in total. The first-order valence-corrected chi connectivity index (χ1v) is 32.6. The van der Waals surface area contributed by atoms with E-state index in [-0.39, 0.29) is 26.1 Å². The van der Waals surface area contributed by atoms with Crippen LogP contribution in [0.25, 0.3) is 0 Å². The number of hydrogen-bond donors (Lipinski definition) is 0. The van der Waals surface area contributed by atoms with Crippen LogP contribution >= 0.6 is 7.82 Å². The van der Waals surface area contributed by atoms with Crippen LogP contribution in [0.2, 0.25) is 0 Å². The predicted molar refractivity (Wildman–Crippen MR) is 319 cm³/mol. The minimum absolute atomic E-state index is 0.0415. The van der Waals surface area contributed by atoms with Gasteiger partial charge in [-0.15, -0.1) is 0 Å². The summed E-state index contributed by atoms with van der Waals surface area (Å²) in [4.78, 5) is 37.9. The van der Waals surface area contributed by atoms with E-state index in [9.17, 15) is 19.0 Å². The Kier molecular flexibility index (Phi) is 54.3. The van der Waals surface area contributed by atoms with E-state index in [1.54, 1.807) is 0 Å². The molecule has 10 heteroatoms. The summed E-state index contributed by atoms with van der Waals surface area (Å²) in [5.41, 5.74) is 0. The van der Waals surface area contributed by atoms with Crippen LogP contribution in [0, 0.1) is 0 Å². The first kappa shape index (κ1) is 72.5. The third kappa shape index (κ3) is 60.5. The molecule has 0 aliphatic rings. The van der Waals surface area contributed by atoms with Gasteiger partial charge in [0.15, 0.2) is 6.10 Å². The minimum atomic E-state index is -4.65. The molecule has 75 heavy (non-hydrogen) atoms. The molecular formula is C65H118NO8P. The molecule has 0 aliphatic heterocycles. The lowest BCUT2D eigenvalue weighted by molar-refractivity contribution is -0.870. The molecule has 0 bridgehead atoms. The Labute approximate surface area is 463 Å². The second kappa shape index (κ2) is 56.2. The Morgan fingerprint density at radius 3 is 1.13 bits per heavy atom. The molecular weight excluding hydrogens is 954 g/mol. The zero-order valence-corrected chi connectivity index (χ0v) is 50.4. The lowest BCUT2D eigenvalue weighted by Crippen LogP contribution is -2.37. The van der Waals surface area contributed by atoms with Gasteiger partial charge in [0.25, 0.3) is 7.82 Å². The van der Waals surface area contributed by atoms with Crippen molar-refractivity contribution in [2.45, 2.75) is 283 Å². The highest BCUT2D eigenvalue weighted by molar-refractivity contribution is 7.45. The molecule has 0 radical (unpaired) electrons. The average Bonchev–Trinajstić information content (AvgIpc) is 3.37. The van der Waals surface area contributed by atoms with Crippen molar-refractivity contribution in [2.24, 2.45) is 0 Å². The van der Waals surface area contributed by atoms with Crippen LogP contribution in [0.3, 0.4) is 0 Å². The van der Waals surface area contributed by atoms with E-state index in [0.29, 0.717) is 17.4 Å². The second-order valence-electron chi connectivity index (χ2n) is 22.0. The highest BCUT2D eigenvalue weighted by Crippen LogP contribution is 2.38. The summed E-state index contributed by atoms with van der Waals surface area (Å²) in [5.74, 6) is -0.878. The molecule has 0 aliphatic carbocycles. The number of nitrogens with zero attached hydrogens (tertiary/aromatic N) is 1. The number of allylic oxidation sites excluding steroid dienone is 12. The molecule has 0 rings (SSSR count). The summed E-state index contributed by atoms with van der Waals surface area (Å²) in [5, 5.41) is 0. The molecule has 0 fully saturated rings. The van der Waals surface area contributed by atoms with Crippen molar-refractivity contribution in [1.29, 1.82) is 0 Å². The zero-order valence-electron chi connectivity index (χ0n) is 49.5. The van der Waals surface area contributed by atoms with Crippen LogP contribution < -0.4 is 4.89 Å². The molecule has 0 aromatic rings. The predicted octanol–water partition coefficient (Wildman–Crippen LogP) is 19.0. The van der Waals surface area contributed by atoms with Crippen LogP contribution in [-0.2, 0) is 32.7 Å². The van der Waals surface area contributed by atoms with Crippen LogP contribution in [-0.4, -0.2) is 70.0 Å². The Morgan fingerprint density at radius 2 is 0.760 bits per heavy atom. The zero-order chi connectivity index (χ0) is 54.9. The number of phosphoric ester groups is 1. The maximum Gasteiger partial charge on any atom is 0.306 e. The molecule has 0 aromatic carbocycles. The molecule has 2 atom stereocenters. The van der Waals surface area contributed by atoms with Gasteiger partial charge < -0.3 is 27.9 Å². The largest absolute Gasteiger partial charge is 0.756 e. The standard InChI is InChI=1S/C65H118NO8P/c1-6-8-10-12-14-16-18-20-22-24-26-28-29-30-31-32-33-34-35-36-38-39-41-43-45-47-49-51-53-55-57-64(67)71-61-63(62-73-75(69,70)72-60-59-66(3,4)5)74-65(68)58-56-54-52-50-48-46-44-42-40-37-27-25-23-21-19-17-15-13-11-9-7-2/h9,11,15,17,21,23,27,37,42,44,48,50,63H,6-8,10,12-14,16,18-20,22,24-26,28-36,38-41,43,45-47,49,51-62H2,1-5H3/b11-9-,17-15-,23-21-,37-27-,44-42-,50-48-. The summed E-state index contributed by atoms with van der Waals surface area (Å²) < 4.78 is 34.1. The van der Waals surface area contributed by atoms with Gasteiger partial charge in [0.1, 0.15) is 19.8 Å². The number of hydrogen-bond acceptors (Lipinski definition) is 8. The summed E-state index contributed by atoms with van der Waals surface area (Å²) >= 11 is 0. The molecule has 0 heterocycles. The number of carbonyl (C=O) groups excluding carboxylic acids is 2. The molecule has 436 valence electrons. The van der Waals surface area contributed by atoms with Gasteiger partial charge in [-0.3, -0.25) is 14.2 Å². The fourth-order valence-corrected chi connectivity index (χ4v) is 9.45. The van der Waals surface area contributed by atoms with Crippen LogP contribution in [0.15, 0.2) is 72.9 Å². The summed E-state index contributed by atoms with van der Waals surface area (Å²) in [6, 6.07) is 0. The fourth-order valence-electron chi connectivity index (χ4n) is 8.72. The first-order chi connectivity index (χ1) is 36.5. The van der Waals surface area contributed by atoms with Gasteiger partial charge in [-0.1, -0.05) is 273 Å². The van der Waals surface area contributed by atoms with Crippen molar-refractivity contribution in [3.8, 4) is 0 Å². The van der Waals surface area contributed by atoms with Crippen molar-refractivity contribution in [3.63, 3.8) is 0 Å². The third-order valence-electron chi connectivity index (χ3n) is 13.5. The van der Waals surface area contributed by atoms with Crippen molar-refractivity contribution < 1.29 is 42.1 Å². The lowest BCUT2D eigenvalue weighted by atomic mass is 10.0. The van der Waals surface area contributed by atoms with E-state index in [1.165, 1.54) is 173 Å². The number of unbranched alkanes of at least 4 members (excludes halogenated alkanes) is 31.